The van der Waals surface area contributed by atoms with Crippen molar-refractivity contribution in [3.05, 3.63) is 53.3 Å². The molecule has 0 aliphatic carbocycles. The Balaban J connectivity index is 2.18. The lowest BCUT2D eigenvalue weighted by molar-refractivity contribution is 0.271. The maximum absolute atomic E-state index is 13.4. The number of rotatable bonds is 4. The predicted molar refractivity (Wildman–Crippen MR) is 64.4 cm³/mol. The van der Waals surface area contributed by atoms with E-state index in [1.54, 1.807) is 6.07 Å². The van der Waals surface area contributed by atoms with Gasteiger partial charge in [0.05, 0.1) is 0 Å². The smallest absolute Gasteiger partial charge is 0.252 e. The molecule has 0 saturated heterocycles. The fraction of sp³-hybridized carbons (Fsp3) is 0.154. The molecule has 2 aromatic rings. The van der Waals surface area contributed by atoms with E-state index in [9.17, 15) is 13.2 Å². The van der Waals surface area contributed by atoms with Crippen molar-refractivity contribution in [1.82, 2.24) is 4.98 Å². The van der Waals surface area contributed by atoms with Gasteiger partial charge >= 0.3 is 0 Å². The third kappa shape index (κ3) is 2.96. The van der Waals surface area contributed by atoms with Crippen LogP contribution in [0.4, 0.5) is 19.0 Å². The highest BCUT2D eigenvalue weighted by molar-refractivity contribution is 5.39. The standard InChI is InChI=1S/C13H11F3N2O/c1-17-12-10(15)6-11(16)13(18-12)19-7-8-4-2-3-5-9(8)14/h2-6H,7H2,1H3,(H,17,18). The molecule has 0 unspecified atom stereocenters. The maximum atomic E-state index is 13.4. The van der Waals surface area contributed by atoms with Crippen LogP contribution in [0.15, 0.2) is 30.3 Å². The number of nitrogens with one attached hydrogen (secondary N) is 1. The first-order chi connectivity index (χ1) is 9.11. The number of ether oxygens (including phenoxy) is 1. The highest BCUT2D eigenvalue weighted by Crippen LogP contribution is 2.21. The van der Waals surface area contributed by atoms with E-state index in [2.05, 4.69) is 10.3 Å². The van der Waals surface area contributed by atoms with Crippen molar-refractivity contribution < 1.29 is 17.9 Å². The topological polar surface area (TPSA) is 34.2 Å². The molecule has 19 heavy (non-hydrogen) atoms. The Labute approximate surface area is 108 Å². The monoisotopic (exact) mass is 268 g/mol. The van der Waals surface area contributed by atoms with Crippen LogP contribution < -0.4 is 10.1 Å². The lowest BCUT2D eigenvalue weighted by Crippen LogP contribution is -2.05. The predicted octanol–water partition coefficient (Wildman–Crippen LogP) is 3.12. The third-order valence-electron chi connectivity index (χ3n) is 2.46. The summed E-state index contributed by atoms with van der Waals surface area (Å²) in [6, 6.07) is 6.61. The molecule has 100 valence electrons. The molecule has 1 N–H and O–H groups in total. The van der Waals surface area contributed by atoms with Crippen LogP contribution in [0.5, 0.6) is 5.88 Å². The molecule has 0 atom stereocenters. The normalized spacial score (nSPS) is 10.3. The van der Waals surface area contributed by atoms with Crippen molar-refractivity contribution in [2.75, 3.05) is 12.4 Å². The molecule has 0 bridgehead atoms. The highest BCUT2D eigenvalue weighted by atomic mass is 19.1. The highest BCUT2D eigenvalue weighted by Gasteiger charge is 2.13. The van der Waals surface area contributed by atoms with Crippen molar-refractivity contribution in [2.24, 2.45) is 0 Å². The van der Waals surface area contributed by atoms with Gasteiger partial charge < -0.3 is 10.1 Å². The summed E-state index contributed by atoms with van der Waals surface area (Å²) in [5, 5.41) is 2.47. The van der Waals surface area contributed by atoms with Gasteiger partial charge in [-0.15, -0.1) is 0 Å². The Morgan fingerprint density at radius 3 is 2.53 bits per heavy atom. The molecule has 0 saturated carbocycles. The van der Waals surface area contributed by atoms with Crippen LogP contribution in [0.3, 0.4) is 0 Å². The summed E-state index contributed by atoms with van der Waals surface area (Å²) >= 11 is 0. The zero-order chi connectivity index (χ0) is 13.8. The Bertz CT molecular complexity index is 590. The summed E-state index contributed by atoms with van der Waals surface area (Å²) < 4.78 is 45.0. The fourth-order valence-electron chi connectivity index (χ4n) is 1.49. The Morgan fingerprint density at radius 2 is 1.84 bits per heavy atom. The van der Waals surface area contributed by atoms with Crippen molar-refractivity contribution in [1.29, 1.82) is 0 Å². The van der Waals surface area contributed by atoms with Gasteiger partial charge in [-0.05, 0) is 6.07 Å². The largest absolute Gasteiger partial charge is 0.471 e. The summed E-state index contributed by atoms with van der Waals surface area (Å²) in [6.07, 6.45) is 0. The number of pyridine rings is 1. The molecule has 6 heteroatoms. The van der Waals surface area contributed by atoms with Crippen LogP contribution in [0.2, 0.25) is 0 Å². The molecule has 1 heterocycles. The summed E-state index contributed by atoms with van der Waals surface area (Å²) in [5.74, 6) is -2.73. The zero-order valence-electron chi connectivity index (χ0n) is 10.1. The van der Waals surface area contributed by atoms with Gasteiger partial charge in [0.2, 0.25) is 0 Å². The second-order valence-electron chi connectivity index (χ2n) is 3.74. The first-order valence-corrected chi connectivity index (χ1v) is 5.52. The third-order valence-corrected chi connectivity index (χ3v) is 2.46. The van der Waals surface area contributed by atoms with E-state index in [1.165, 1.54) is 25.2 Å². The Hall–Kier alpha value is -2.24. The van der Waals surface area contributed by atoms with E-state index in [-0.39, 0.29) is 23.9 Å². The quantitative estimate of drug-likeness (QED) is 0.925. The number of aromatic nitrogens is 1. The average molecular weight is 268 g/mol. The molecule has 3 nitrogen and oxygen atoms in total. The number of anilines is 1. The minimum Gasteiger partial charge on any atom is -0.471 e. The molecular weight excluding hydrogens is 257 g/mol. The van der Waals surface area contributed by atoms with Crippen molar-refractivity contribution in [3.63, 3.8) is 0 Å². The SMILES string of the molecule is CNc1nc(OCc2ccccc2F)c(F)cc1F. The lowest BCUT2D eigenvalue weighted by atomic mass is 10.2. The minimum atomic E-state index is -0.937. The van der Waals surface area contributed by atoms with Crippen molar-refractivity contribution in [3.8, 4) is 5.88 Å². The van der Waals surface area contributed by atoms with Gasteiger partial charge in [0.1, 0.15) is 12.4 Å². The molecule has 0 aliphatic heterocycles. The molecule has 0 radical (unpaired) electrons. The van der Waals surface area contributed by atoms with Crippen LogP contribution in [-0.2, 0) is 6.61 Å². The van der Waals surface area contributed by atoms with E-state index in [1.807, 2.05) is 0 Å². The van der Waals surface area contributed by atoms with E-state index in [0.717, 1.165) is 0 Å². The zero-order valence-corrected chi connectivity index (χ0v) is 10.1. The number of halogens is 3. The van der Waals surface area contributed by atoms with Crippen molar-refractivity contribution >= 4 is 5.82 Å². The minimum absolute atomic E-state index is 0.134. The summed E-state index contributed by atoms with van der Waals surface area (Å²) in [5.41, 5.74) is 0.263. The van der Waals surface area contributed by atoms with Gasteiger partial charge in [0.15, 0.2) is 17.5 Å². The van der Waals surface area contributed by atoms with Crippen LogP contribution in [0, 0.1) is 17.5 Å². The van der Waals surface area contributed by atoms with E-state index >= 15 is 0 Å². The van der Waals surface area contributed by atoms with Gasteiger partial charge in [-0.25, -0.2) is 13.2 Å². The van der Waals surface area contributed by atoms with Crippen LogP contribution in [0.1, 0.15) is 5.56 Å². The van der Waals surface area contributed by atoms with Gasteiger partial charge in [0.25, 0.3) is 5.88 Å². The number of hydrogen-bond acceptors (Lipinski definition) is 3. The Morgan fingerprint density at radius 1 is 1.11 bits per heavy atom. The lowest BCUT2D eigenvalue weighted by Gasteiger charge is -2.09. The first-order valence-electron chi connectivity index (χ1n) is 5.52. The molecule has 0 spiro atoms. The average Bonchev–Trinajstić information content (AvgIpc) is 2.39. The van der Waals surface area contributed by atoms with Crippen LogP contribution >= 0.6 is 0 Å². The summed E-state index contributed by atoms with van der Waals surface area (Å²) in [6.45, 7) is -0.189. The molecule has 1 aromatic carbocycles. The van der Waals surface area contributed by atoms with Crippen molar-refractivity contribution in [2.45, 2.75) is 6.61 Å². The van der Waals surface area contributed by atoms with E-state index in [0.29, 0.717) is 6.07 Å². The van der Waals surface area contributed by atoms with E-state index < -0.39 is 17.5 Å². The Kier molecular flexibility index (Phi) is 3.89. The van der Waals surface area contributed by atoms with Gasteiger partial charge in [-0.2, -0.15) is 4.98 Å². The fourth-order valence-corrected chi connectivity index (χ4v) is 1.49. The number of benzene rings is 1. The van der Waals surface area contributed by atoms with Gasteiger partial charge in [-0.3, -0.25) is 0 Å². The number of nitrogens with zero attached hydrogens (tertiary/aromatic N) is 1. The van der Waals surface area contributed by atoms with Gasteiger partial charge in [0, 0.05) is 18.7 Å². The van der Waals surface area contributed by atoms with Gasteiger partial charge in [-0.1, -0.05) is 18.2 Å². The molecule has 0 fully saturated rings. The van der Waals surface area contributed by atoms with Crippen LogP contribution in [0.25, 0.3) is 0 Å². The summed E-state index contributed by atoms with van der Waals surface area (Å²) in [7, 11) is 1.45. The molecule has 1 aromatic heterocycles. The van der Waals surface area contributed by atoms with Crippen LogP contribution in [-0.4, -0.2) is 12.0 Å². The molecule has 0 amide bonds. The second kappa shape index (κ2) is 5.60. The second-order valence-corrected chi connectivity index (χ2v) is 3.74. The maximum Gasteiger partial charge on any atom is 0.252 e. The molecular formula is C13H11F3N2O. The number of hydrogen-bond donors (Lipinski definition) is 1. The van der Waals surface area contributed by atoms with E-state index in [4.69, 9.17) is 4.74 Å². The first kappa shape index (κ1) is 13.2. The summed E-state index contributed by atoms with van der Waals surface area (Å²) in [4.78, 5) is 3.63. The molecule has 0 aliphatic rings. The molecule has 2 rings (SSSR count).